The predicted octanol–water partition coefficient (Wildman–Crippen LogP) is 1.99. The molecule has 0 heterocycles. The van der Waals surface area contributed by atoms with Crippen LogP contribution in [0.3, 0.4) is 0 Å². The maximum Gasteiger partial charge on any atom is 0.298 e. The minimum absolute atomic E-state index is 0.299. The molecular formula is C9H7IN2O4. The Hall–Kier alpha value is -1.64. The minimum atomic E-state index is -0.597. The zero-order valence-corrected chi connectivity index (χ0v) is 10.1. The van der Waals surface area contributed by atoms with Gasteiger partial charge in [0.1, 0.15) is 0 Å². The Balaban J connectivity index is 2.85. The van der Waals surface area contributed by atoms with Gasteiger partial charge in [-0.3, -0.25) is 14.9 Å². The highest BCUT2D eigenvalue weighted by molar-refractivity contribution is 14.1. The molecule has 6 nitrogen and oxygen atoms in total. The van der Waals surface area contributed by atoms with Crippen LogP contribution in [0.15, 0.2) is 30.6 Å². The fraction of sp³-hybridized carbons (Fsp3) is 0. The van der Waals surface area contributed by atoms with Gasteiger partial charge in [-0.05, 0) is 40.8 Å². The van der Waals surface area contributed by atoms with Crippen molar-refractivity contribution in [3.05, 3.63) is 44.3 Å². The van der Waals surface area contributed by atoms with E-state index in [1.165, 1.54) is 0 Å². The van der Waals surface area contributed by atoms with Gasteiger partial charge in [0, 0.05) is 3.57 Å². The van der Waals surface area contributed by atoms with Crippen molar-refractivity contribution in [2.45, 2.75) is 0 Å². The van der Waals surface area contributed by atoms with Crippen LogP contribution in [0, 0.1) is 13.7 Å². The second kappa shape index (κ2) is 6.05. The number of ether oxygens (including phenoxy) is 1. The first-order chi connectivity index (χ1) is 7.63. The largest absolute Gasteiger partial charge is 0.426 e. The lowest BCUT2D eigenvalue weighted by Crippen LogP contribution is -1.97. The van der Waals surface area contributed by atoms with Crippen molar-refractivity contribution in [2.24, 2.45) is 0 Å². The van der Waals surface area contributed by atoms with E-state index in [2.05, 4.69) is 27.9 Å². The zero-order valence-electron chi connectivity index (χ0n) is 7.92. The molecule has 0 radical (unpaired) electrons. The average Bonchev–Trinajstić information content (AvgIpc) is 2.21. The van der Waals surface area contributed by atoms with Crippen LogP contribution in [0.4, 0.5) is 5.69 Å². The standard InChI is InChI=1S/C9H7IN2O4/c10-7-1-2-8(9(5-7)16-6-13)11-3-4-12(14)15/h1-6,11H/b4-3+. The number of hydrogen-bond donors (Lipinski definition) is 1. The van der Waals surface area contributed by atoms with Crippen LogP contribution in [0.1, 0.15) is 0 Å². The molecule has 84 valence electrons. The summed E-state index contributed by atoms with van der Waals surface area (Å²) in [6.07, 6.45) is 1.91. The molecule has 0 saturated heterocycles. The van der Waals surface area contributed by atoms with Gasteiger partial charge in [-0.1, -0.05) is 0 Å². The van der Waals surface area contributed by atoms with E-state index in [-0.39, 0.29) is 0 Å². The van der Waals surface area contributed by atoms with Crippen LogP contribution in [-0.4, -0.2) is 11.4 Å². The smallest absolute Gasteiger partial charge is 0.298 e. The quantitative estimate of drug-likeness (QED) is 0.385. The summed E-state index contributed by atoms with van der Waals surface area (Å²) < 4.78 is 5.61. The van der Waals surface area contributed by atoms with Crippen molar-refractivity contribution in [1.29, 1.82) is 0 Å². The van der Waals surface area contributed by atoms with E-state index in [1.807, 2.05) is 0 Å². The predicted molar refractivity (Wildman–Crippen MR) is 65.6 cm³/mol. The monoisotopic (exact) mass is 334 g/mol. The topological polar surface area (TPSA) is 81.5 Å². The summed E-state index contributed by atoms with van der Waals surface area (Å²) in [6, 6.07) is 5.07. The van der Waals surface area contributed by atoms with Crippen LogP contribution < -0.4 is 10.1 Å². The lowest BCUT2D eigenvalue weighted by molar-refractivity contribution is -0.402. The van der Waals surface area contributed by atoms with Crippen LogP contribution in [-0.2, 0) is 4.79 Å². The normalized spacial score (nSPS) is 10.1. The van der Waals surface area contributed by atoms with Crippen molar-refractivity contribution in [1.82, 2.24) is 0 Å². The number of carbonyl (C=O) groups excluding carboxylic acids is 1. The number of nitrogens with one attached hydrogen (secondary N) is 1. The van der Waals surface area contributed by atoms with E-state index in [9.17, 15) is 14.9 Å². The van der Waals surface area contributed by atoms with Crippen LogP contribution in [0.5, 0.6) is 5.75 Å². The first-order valence-corrected chi connectivity index (χ1v) is 5.18. The molecule has 0 spiro atoms. The van der Waals surface area contributed by atoms with Crippen molar-refractivity contribution in [3.63, 3.8) is 0 Å². The number of nitro groups is 1. The van der Waals surface area contributed by atoms with E-state index in [1.54, 1.807) is 18.2 Å². The van der Waals surface area contributed by atoms with Gasteiger partial charge in [-0.15, -0.1) is 0 Å². The molecule has 0 aliphatic carbocycles. The van der Waals surface area contributed by atoms with Gasteiger partial charge < -0.3 is 10.1 Å². The first kappa shape index (κ1) is 12.4. The van der Waals surface area contributed by atoms with Gasteiger partial charge in [-0.2, -0.15) is 0 Å². The number of carbonyl (C=O) groups is 1. The third kappa shape index (κ3) is 3.85. The molecule has 0 aliphatic rings. The summed E-state index contributed by atoms with van der Waals surface area (Å²) in [5.74, 6) is 0.315. The first-order valence-electron chi connectivity index (χ1n) is 4.10. The van der Waals surface area contributed by atoms with Gasteiger partial charge >= 0.3 is 0 Å². The number of halogens is 1. The molecule has 1 aromatic rings. The van der Waals surface area contributed by atoms with E-state index < -0.39 is 4.92 Å². The lowest BCUT2D eigenvalue weighted by Gasteiger charge is -2.06. The summed E-state index contributed by atoms with van der Waals surface area (Å²) in [7, 11) is 0. The van der Waals surface area contributed by atoms with Gasteiger partial charge in [0.05, 0.1) is 16.8 Å². The summed E-state index contributed by atoms with van der Waals surface area (Å²) in [6.45, 7) is 0.299. The van der Waals surface area contributed by atoms with E-state index in [4.69, 9.17) is 4.74 Å². The Bertz CT molecular complexity index is 434. The third-order valence-corrected chi connectivity index (χ3v) is 2.22. The van der Waals surface area contributed by atoms with Gasteiger partial charge in [0.25, 0.3) is 6.47 Å². The molecule has 1 aromatic carbocycles. The van der Waals surface area contributed by atoms with Crippen molar-refractivity contribution in [3.8, 4) is 5.75 Å². The Labute approximate surface area is 105 Å². The maximum atomic E-state index is 10.2. The lowest BCUT2D eigenvalue weighted by atomic mass is 10.3. The van der Waals surface area contributed by atoms with Crippen molar-refractivity contribution < 1.29 is 14.5 Å². The molecule has 0 unspecified atom stereocenters. The molecule has 0 atom stereocenters. The van der Waals surface area contributed by atoms with E-state index >= 15 is 0 Å². The molecule has 0 amide bonds. The number of rotatable bonds is 5. The van der Waals surface area contributed by atoms with E-state index in [0.717, 1.165) is 16.0 Å². The second-order valence-electron chi connectivity index (χ2n) is 2.60. The molecule has 0 bridgehead atoms. The Morgan fingerprint density at radius 2 is 2.25 bits per heavy atom. The molecule has 1 N–H and O–H groups in total. The van der Waals surface area contributed by atoms with Crippen molar-refractivity contribution >= 4 is 34.8 Å². The molecular weight excluding hydrogens is 327 g/mol. The molecule has 16 heavy (non-hydrogen) atoms. The number of anilines is 1. The summed E-state index contributed by atoms with van der Waals surface area (Å²) in [5.41, 5.74) is 0.477. The van der Waals surface area contributed by atoms with Crippen LogP contribution in [0.2, 0.25) is 0 Å². The Kier molecular flexibility index (Phi) is 4.70. The maximum absolute atomic E-state index is 10.2. The van der Waals surface area contributed by atoms with E-state index in [0.29, 0.717) is 17.9 Å². The molecule has 7 heteroatoms. The van der Waals surface area contributed by atoms with Gasteiger partial charge in [0.2, 0.25) is 6.20 Å². The number of benzene rings is 1. The van der Waals surface area contributed by atoms with Gasteiger partial charge in [0.15, 0.2) is 5.75 Å². The van der Waals surface area contributed by atoms with Crippen LogP contribution >= 0.6 is 22.6 Å². The molecule has 0 saturated carbocycles. The SMILES string of the molecule is O=COc1cc(I)ccc1N/C=C/[N+](=O)[O-]. The summed E-state index contributed by atoms with van der Waals surface area (Å²) in [5, 5.41) is 12.7. The summed E-state index contributed by atoms with van der Waals surface area (Å²) >= 11 is 2.06. The molecule has 0 fully saturated rings. The highest BCUT2D eigenvalue weighted by Crippen LogP contribution is 2.26. The molecule has 0 aromatic heterocycles. The third-order valence-electron chi connectivity index (χ3n) is 1.55. The molecule has 0 aliphatic heterocycles. The Morgan fingerprint density at radius 1 is 1.50 bits per heavy atom. The zero-order chi connectivity index (χ0) is 12.0. The highest BCUT2D eigenvalue weighted by Gasteiger charge is 2.03. The molecule has 1 rings (SSSR count). The second-order valence-corrected chi connectivity index (χ2v) is 3.85. The summed E-state index contributed by atoms with van der Waals surface area (Å²) in [4.78, 5) is 19.7. The fourth-order valence-electron chi connectivity index (χ4n) is 0.953. The van der Waals surface area contributed by atoms with Crippen LogP contribution in [0.25, 0.3) is 0 Å². The minimum Gasteiger partial charge on any atom is -0.426 e. The Morgan fingerprint density at radius 3 is 2.88 bits per heavy atom. The fourth-order valence-corrected chi connectivity index (χ4v) is 1.42. The van der Waals surface area contributed by atoms with Crippen molar-refractivity contribution in [2.75, 3.05) is 5.32 Å². The number of nitrogens with zero attached hydrogens (tertiary/aromatic N) is 1. The van der Waals surface area contributed by atoms with Gasteiger partial charge in [-0.25, -0.2) is 0 Å². The number of hydrogen-bond acceptors (Lipinski definition) is 5. The average molecular weight is 334 g/mol. The highest BCUT2D eigenvalue weighted by atomic mass is 127.